The molecule has 0 radical (unpaired) electrons. The molecular formula is C33H46O8. The van der Waals surface area contributed by atoms with Crippen LogP contribution < -0.4 is 0 Å². The number of cyclic esters (lactones) is 1. The maximum absolute atomic E-state index is 13.1. The molecule has 3 saturated carbocycles. The highest BCUT2D eigenvalue weighted by Crippen LogP contribution is 2.75. The Morgan fingerprint density at radius 1 is 1.10 bits per heavy atom. The lowest BCUT2D eigenvalue weighted by Crippen LogP contribution is -2.73. The van der Waals surface area contributed by atoms with Gasteiger partial charge in [-0.15, -0.1) is 0 Å². The molecule has 8 heteroatoms. The smallest absolute Gasteiger partial charge is 0.330 e. The van der Waals surface area contributed by atoms with E-state index in [-0.39, 0.29) is 41.0 Å². The average molecular weight is 571 g/mol. The van der Waals surface area contributed by atoms with Crippen LogP contribution in [0.2, 0.25) is 0 Å². The molecule has 6 aliphatic rings. The van der Waals surface area contributed by atoms with Crippen LogP contribution in [0.1, 0.15) is 80.6 Å². The molecule has 2 saturated heterocycles. The van der Waals surface area contributed by atoms with Gasteiger partial charge >= 0.3 is 17.9 Å². The number of rotatable bonds is 4. The Hall–Kier alpha value is -2.19. The molecule has 41 heavy (non-hydrogen) atoms. The summed E-state index contributed by atoms with van der Waals surface area (Å²) in [5.74, 6) is -0.596. The second-order valence-corrected chi connectivity index (χ2v) is 14.9. The molecule has 0 aromatic heterocycles. The Labute approximate surface area is 243 Å². The van der Waals surface area contributed by atoms with Gasteiger partial charge in [-0.1, -0.05) is 44.9 Å². The van der Waals surface area contributed by atoms with Gasteiger partial charge in [0.15, 0.2) is 0 Å². The zero-order valence-corrected chi connectivity index (χ0v) is 25.5. The number of ether oxygens (including phenoxy) is 4. The van der Waals surface area contributed by atoms with Gasteiger partial charge < -0.3 is 24.1 Å². The van der Waals surface area contributed by atoms with E-state index in [9.17, 15) is 19.5 Å². The Bertz CT molecular complexity index is 1220. The van der Waals surface area contributed by atoms with Gasteiger partial charge in [0.25, 0.3) is 0 Å². The molecule has 12 unspecified atom stereocenters. The molecule has 0 spiro atoms. The Morgan fingerprint density at radius 3 is 2.46 bits per heavy atom. The molecule has 12 atom stereocenters. The van der Waals surface area contributed by atoms with Crippen molar-refractivity contribution in [1.29, 1.82) is 0 Å². The Balaban J connectivity index is 1.44. The maximum Gasteiger partial charge on any atom is 0.330 e. The monoisotopic (exact) mass is 570 g/mol. The van der Waals surface area contributed by atoms with E-state index in [0.717, 1.165) is 24.8 Å². The van der Waals surface area contributed by atoms with Crippen molar-refractivity contribution in [3.8, 4) is 0 Å². The number of allylic oxidation sites excluding steroid dienone is 2. The van der Waals surface area contributed by atoms with Crippen molar-refractivity contribution in [2.45, 2.75) is 105 Å². The second kappa shape index (κ2) is 9.40. The van der Waals surface area contributed by atoms with E-state index >= 15 is 0 Å². The average Bonchev–Trinajstić information content (AvgIpc) is 3.56. The molecule has 8 nitrogen and oxygen atoms in total. The highest BCUT2D eigenvalue weighted by atomic mass is 16.6. The molecule has 5 fully saturated rings. The van der Waals surface area contributed by atoms with E-state index < -0.39 is 46.6 Å². The SMILES string of the molecule is CC(=O)OC1CC(OC(=O)C=C(C)C)C2(C)C3C(OCC13C)C(O)C1(C)C3=CCC(C4COC(=O)C4)C3(C)CCC12. The lowest BCUT2D eigenvalue weighted by atomic mass is 9.36. The zero-order chi connectivity index (χ0) is 29.7. The molecule has 2 heterocycles. The molecule has 4 aliphatic carbocycles. The van der Waals surface area contributed by atoms with E-state index in [2.05, 4.69) is 33.8 Å². The summed E-state index contributed by atoms with van der Waals surface area (Å²) in [6.45, 7) is 14.8. The number of carbonyl (C=O) groups excluding carboxylic acids is 3. The van der Waals surface area contributed by atoms with Gasteiger partial charge in [0.05, 0.1) is 31.8 Å². The first-order valence-electron chi connectivity index (χ1n) is 15.4. The van der Waals surface area contributed by atoms with E-state index in [0.29, 0.717) is 26.1 Å². The number of aliphatic hydroxyl groups excluding tert-OH is 1. The van der Waals surface area contributed by atoms with Crippen LogP contribution in [0.3, 0.4) is 0 Å². The lowest BCUT2D eigenvalue weighted by molar-refractivity contribution is -0.263. The predicted molar refractivity (Wildman–Crippen MR) is 149 cm³/mol. The standard InChI is InChI=1S/C33H46O8/c1-17(2)12-26(36)41-24-14-23(40-18(3)34)31(5)16-39-27-28(31)33(24,7)22-10-11-30(4)20(19-13-25(35)38-15-19)8-9-21(30)32(22,6)29(27)37/h9,12,19-20,22-24,27-29,37H,8,10-11,13-16H2,1-7H3. The van der Waals surface area contributed by atoms with Crippen molar-refractivity contribution in [3.63, 3.8) is 0 Å². The molecule has 0 aromatic carbocycles. The van der Waals surface area contributed by atoms with Crippen molar-refractivity contribution < 1.29 is 38.4 Å². The fourth-order valence-electron chi connectivity index (χ4n) is 11.0. The fraction of sp³-hybridized carbons (Fsp3) is 0.788. The highest BCUT2D eigenvalue weighted by Gasteiger charge is 2.77. The van der Waals surface area contributed by atoms with Crippen LogP contribution >= 0.6 is 0 Å². The highest BCUT2D eigenvalue weighted by molar-refractivity contribution is 5.82. The summed E-state index contributed by atoms with van der Waals surface area (Å²) in [6, 6.07) is 0. The van der Waals surface area contributed by atoms with E-state index in [1.54, 1.807) is 0 Å². The van der Waals surface area contributed by atoms with E-state index in [4.69, 9.17) is 18.9 Å². The Morgan fingerprint density at radius 2 is 1.83 bits per heavy atom. The molecule has 2 aliphatic heterocycles. The largest absolute Gasteiger partial charge is 0.465 e. The molecule has 226 valence electrons. The number of fused-ring (bicyclic) bond motifs is 4. The van der Waals surface area contributed by atoms with Crippen molar-refractivity contribution in [2.24, 2.45) is 45.3 Å². The normalized spacial score (nSPS) is 49.7. The quantitative estimate of drug-likeness (QED) is 0.227. The van der Waals surface area contributed by atoms with Crippen molar-refractivity contribution in [2.75, 3.05) is 13.2 Å². The molecule has 0 bridgehead atoms. The van der Waals surface area contributed by atoms with E-state index in [1.165, 1.54) is 18.6 Å². The third-order valence-corrected chi connectivity index (χ3v) is 12.5. The van der Waals surface area contributed by atoms with Crippen molar-refractivity contribution in [3.05, 3.63) is 23.3 Å². The second-order valence-electron chi connectivity index (χ2n) is 14.9. The van der Waals surface area contributed by atoms with Gasteiger partial charge in [0.1, 0.15) is 12.2 Å². The van der Waals surface area contributed by atoms with Crippen LogP contribution in [0, 0.1) is 45.3 Å². The first kappa shape index (κ1) is 28.9. The molecule has 6 rings (SSSR count). The van der Waals surface area contributed by atoms with Crippen LogP contribution in [0.4, 0.5) is 0 Å². The number of esters is 3. The fourth-order valence-corrected chi connectivity index (χ4v) is 11.0. The van der Waals surface area contributed by atoms with Gasteiger partial charge in [0, 0.05) is 47.5 Å². The topological polar surface area (TPSA) is 108 Å². The van der Waals surface area contributed by atoms with Gasteiger partial charge in [-0.05, 0) is 50.4 Å². The first-order valence-corrected chi connectivity index (χ1v) is 15.4. The van der Waals surface area contributed by atoms with Crippen LogP contribution in [0.25, 0.3) is 0 Å². The summed E-state index contributed by atoms with van der Waals surface area (Å²) in [7, 11) is 0. The van der Waals surface area contributed by atoms with Gasteiger partial charge in [-0.2, -0.15) is 0 Å². The number of carbonyl (C=O) groups is 3. The van der Waals surface area contributed by atoms with Gasteiger partial charge in [-0.25, -0.2) is 4.79 Å². The Kier molecular flexibility index (Phi) is 6.63. The minimum atomic E-state index is -0.774. The molecule has 1 N–H and O–H groups in total. The van der Waals surface area contributed by atoms with E-state index in [1.807, 2.05) is 13.8 Å². The first-order chi connectivity index (χ1) is 19.2. The summed E-state index contributed by atoms with van der Waals surface area (Å²) in [5.41, 5.74) is 0.279. The lowest BCUT2D eigenvalue weighted by Gasteiger charge is -2.69. The molecule has 0 amide bonds. The van der Waals surface area contributed by atoms with Gasteiger partial charge in [0.2, 0.25) is 0 Å². The summed E-state index contributed by atoms with van der Waals surface area (Å²) in [6.07, 6.45) is 5.05. The third-order valence-electron chi connectivity index (χ3n) is 12.5. The number of hydrogen-bond acceptors (Lipinski definition) is 8. The summed E-state index contributed by atoms with van der Waals surface area (Å²) < 4.78 is 24.2. The summed E-state index contributed by atoms with van der Waals surface area (Å²) in [5, 5.41) is 12.4. The molecular weight excluding hydrogens is 524 g/mol. The van der Waals surface area contributed by atoms with Crippen LogP contribution in [-0.4, -0.2) is 60.6 Å². The maximum atomic E-state index is 13.1. The van der Waals surface area contributed by atoms with Crippen LogP contribution in [0.5, 0.6) is 0 Å². The van der Waals surface area contributed by atoms with Crippen molar-refractivity contribution in [1.82, 2.24) is 0 Å². The van der Waals surface area contributed by atoms with Gasteiger partial charge in [-0.3, -0.25) is 9.59 Å². The number of hydrogen-bond donors (Lipinski definition) is 1. The minimum Gasteiger partial charge on any atom is -0.465 e. The molecule has 0 aromatic rings. The van der Waals surface area contributed by atoms with Crippen LogP contribution in [-0.2, 0) is 33.3 Å². The van der Waals surface area contributed by atoms with Crippen LogP contribution in [0.15, 0.2) is 23.3 Å². The number of aliphatic hydroxyl groups is 1. The third kappa shape index (κ3) is 3.88. The summed E-state index contributed by atoms with van der Waals surface area (Å²) in [4.78, 5) is 37.4. The summed E-state index contributed by atoms with van der Waals surface area (Å²) >= 11 is 0. The van der Waals surface area contributed by atoms with Crippen molar-refractivity contribution >= 4 is 17.9 Å². The zero-order valence-electron chi connectivity index (χ0n) is 25.5. The predicted octanol–water partition coefficient (Wildman–Crippen LogP) is 4.53. The minimum absolute atomic E-state index is 0.00888.